The SMILES string of the molecule is CCCCCCCCCCCOC(=O)CCCCCN(C)CCCCCCCC(OCCCCCCC)OCCCCCCC. The summed E-state index contributed by atoms with van der Waals surface area (Å²) in [7, 11) is 2.24. The van der Waals surface area contributed by atoms with Gasteiger partial charge in [0.2, 0.25) is 0 Å². The molecule has 270 valence electrons. The van der Waals surface area contributed by atoms with Gasteiger partial charge in [-0.05, 0) is 71.5 Å². The molecule has 0 N–H and O–H groups in total. The zero-order chi connectivity index (χ0) is 32.9. The van der Waals surface area contributed by atoms with Crippen LogP contribution in [0.3, 0.4) is 0 Å². The number of carbonyl (C=O) groups is 1. The van der Waals surface area contributed by atoms with Crippen molar-refractivity contribution in [3.05, 3.63) is 0 Å². The monoisotopic (exact) mass is 640 g/mol. The topological polar surface area (TPSA) is 48.0 Å². The van der Waals surface area contributed by atoms with E-state index in [1.165, 1.54) is 148 Å². The lowest BCUT2D eigenvalue weighted by Crippen LogP contribution is -2.21. The van der Waals surface area contributed by atoms with E-state index in [2.05, 4.69) is 32.7 Å². The molecular weight excluding hydrogens is 558 g/mol. The molecule has 5 heteroatoms. The molecule has 0 amide bonds. The van der Waals surface area contributed by atoms with Crippen LogP contribution in [0.5, 0.6) is 0 Å². The third-order valence-electron chi connectivity index (χ3n) is 9.01. The van der Waals surface area contributed by atoms with Crippen molar-refractivity contribution in [3.8, 4) is 0 Å². The number of rotatable bonds is 38. The average Bonchev–Trinajstić information content (AvgIpc) is 3.04. The summed E-state index contributed by atoms with van der Waals surface area (Å²) in [4.78, 5) is 14.5. The number of esters is 1. The molecular formula is C40H81NO4. The van der Waals surface area contributed by atoms with Crippen molar-refractivity contribution in [2.24, 2.45) is 0 Å². The predicted octanol–water partition coefficient (Wildman–Crippen LogP) is 12.2. The quantitative estimate of drug-likeness (QED) is 0.0382. The molecule has 0 aromatic heterocycles. The number of unbranched alkanes of at least 4 members (excludes halogenated alkanes) is 22. The minimum Gasteiger partial charge on any atom is -0.466 e. The molecule has 45 heavy (non-hydrogen) atoms. The molecule has 0 radical (unpaired) electrons. The first-order valence-corrected chi connectivity index (χ1v) is 20.2. The second-order valence-electron chi connectivity index (χ2n) is 13.7. The lowest BCUT2D eigenvalue weighted by molar-refractivity contribution is -0.148. The van der Waals surface area contributed by atoms with Gasteiger partial charge in [0, 0.05) is 19.6 Å². The highest BCUT2D eigenvalue weighted by Gasteiger charge is 2.10. The zero-order valence-electron chi connectivity index (χ0n) is 31.2. The van der Waals surface area contributed by atoms with Gasteiger partial charge in [-0.25, -0.2) is 0 Å². The molecule has 0 heterocycles. The van der Waals surface area contributed by atoms with Crippen molar-refractivity contribution >= 4 is 5.97 Å². The van der Waals surface area contributed by atoms with Gasteiger partial charge in [-0.1, -0.05) is 149 Å². The minimum atomic E-state index is -0.00458. The Morgan fingerprint density at radius 1 is 0.467 bits per heavy atom. The molecule has 0 aliphatic heterocycles. The largest absolute Gasteiger partial charge is 0.466 e. The van der Waals surface area contributed by atoms with E-state index in [1.54, 1.807) is 0 Å². The van der Waals surface area contributed by atoms with Crippen LogP contribution in [0.1, 0.15) is 207 Å². The molecule has 0 atom stereocenters. The molecule has 0 fully saturated rings. The first-order valence-electron chi connectivity index (χ1n) is 20.2. The van der Waals surface area contributed by atoms with Gasteiger partial charge in [0.15, 0.2) is 6.29 Å². The maximum atomic E-state index is 12.0. The molecule has 0 aliphatic carbocycles. The third-order valence-corrected chi connectivity index (χ3v) is 9.01. The molecule has 0 aliphatic rings. The Bertz CT molecular complexity index is 556. The predicted molar refractivity (Wildman–Crippen MR) is 195 cm³/mol. The molecule has 0 unspecified atom stereocenters. The maximum Gasteiger partial charge on any atom is 0.305 e. The van der Waals surface area contributed by atoms with Crippen molar-refractivity contribution in [1.29, 1.82) is 0 Å². The van der Waals surface area contributed by atoms with Gasteiger partial charge >= 0.3 is 5.97 Å². The summed E-state index contributed by atoms with van der Waals surface area (Å²) in [6, 6.07) is 0. The summed E-state index contributed by atoms with van der Waals surface area (Å²) in [5, 5.41) is 0. The summed E-state index contributed by atoms with van der Waals surface area (Å²) in [6.07, 6.45) is 35.6. The van der Waals surface area contributed by atoms with E-state index in [-0.39, 0.29) is 12.3 Å². The average molecular weight is 640 g/mol. The highest BCUT2D eigenvalue weighted by atomic mass is 16.7. The summed E-state index contributed by atoms with van der Waals surface area (Å²) in [5.74, 6) is -0.00261. The summed E-state index contributed by atoms with van der Waals surface area (Å²) in [6.45, 7) is 11.4. The van der Waals surface area contributed by atoms with Gasteiger partial charge in [0.05, 0.1) is 6.61 Å². The fourth-order valence-corrected chi connectivity index (χ4v) is 5.89. The van der Waals surface area contributed by atoms with Gasteiger partial charge in [-0.15, -0.1) is 0 Å². The fraction of sp³-hybridized carbons (Fsp3) is 0.975. The molecule has 0 spiro atoms. The van der Waals surface area contributed by atoms with Crippen LogP contribution in [0, 0.1) is 0 Å². The van der Waals surface area contributed by atoms with Crippen molar-refractivity contribution < 1.29 is 19.0 Å². The maximum absolute atomic E-state index is 12.0. The van der Waals surface area contributed by atoms with E-state index in [0.717, 1.165) is 58.3 Å². The first kappa shape index (κ1) is 44.4. The van der Waals surface area contributed by atoms with E-state index in [4.69, 9.17) is 14.2 Å². The minimum absolute atomic E-state index is 0.00261. The van der Waals surface area contributed by atoms with E-state index < -0.39 is 0 Å². The Hall–Kier alpha value is -0.650. The molecule has 0 saturated heterocycles. The van der Waals surface area contributed by atoms with Crippen molar-refractivity contribution in [1.82, 2.24) is 4.90 Å². The van der Waals surface area contributed by atoms with Crippen LogP contribution in [0.4, 0.5) is 0 Å². The first-order chi connectivity index (χ1) is 22.1. The molecule has 5 nitrogen and oxygen atoms in total. The lowest BCUT2D eigenvalue weighted by Gasteiger charge is -2.19. The second-order valence-corrected chi connectivity index (χ2v) is 13.7. The van der Waals surface area contributed by atoms with Gasteiger partial charge < -0.3 is 19.1 Å². The van der Waals surface area contributed by atoms with Crippen LogP contribution in [0.15, 0.2) is 0 Å². The number of hydrogen-bond donors (Lipinski definition) is 0. The standard InChI is InChI=1S/C40H81NO4/c1-5-8-11-14-15-16-17-23-29-36-43-39(42)32-25-24-28-35-41(4)34-27-20-18-19-26-33-40(44-37-30-21-12-9-6-2)45-38-31-22-13-10-7-3/h40H,5-38H2,1-4H3. The molecule has 0 aromatic rings. The van der Waals surface area contributed by atoms with E-state index in [1.807, 2.05) is 0 Å². The number of nitrogens with zero attached hydrogens (tertiary/aromatic N) is 1. The third kappa shape index (κ3) is 36.0. The molecule has 0 bridgehead atoms. The number of carbonyl (C=O) groups excluding carboxylic acids is 1. The smallest absolute Gasteiger partial charge is 0.305 e. The Kier molecular flexibility index (Phi) is 37.3. The van der Waals surface area contributed by atoms with E-state index in [0.29, 0.717) is 13.0 Å². The summed E-state index contributed by atoms with van der Waals surface area (Å²) in [5.41, 5.74) is 0. The van der Waals surface area contributed by atoms with Gasteiger partial charge in [-0.3, -0.25) is 4.79 Å². The van der Waals surface area contributed by atoms with Crippen molar-refractivity contribution in [3.63, 3.8) is 0 Å². The Labute approximate surface area is 282 Å². The Morgan fingerprint density at radius 3 is 1.33 bits per heavy atom. The molecule has 0 saturated carbocycles. The molecule has 0 rings (SSSR count). The summed E-state index contributed by atoms with van der Waals surface area (Å²) >= 11 is 0. The van der Waals surface area contributed by atoms with E-state index in [9.17, 15) is 4.79 Å². The van der Waals surface area contributed by atoms with Gasteiger partial charge in [0.1, 0.15) is 0 Å². The van der Waals surface area contributed by atoms with Gasteiger partial charge in [-0.2, -0.15) is 0 Å². The van der Waals surface area contributed by atoms with Gasteiger partial charge in [0.25, 0.3) is 0 Å². The lowest BCUT2D eigenvalue weighted by atomic mass is 10.1. The van der Waals surface area contributed by atoms with Crippen molar-refractivity contribution in [2.45, 2.75) is 213 Å². The zero-order valence-corrected chi connectivity index (χ0v) is 31.2. The number of hydrogen-bond acceptors (Lipinski definition) is 5. The Morgan fingerprint density at radius 2 is 0.844 bits per heavy atom. The fourth-order valence-electron chi connectivity index (χ4n) is 5.89. The second kappa shape index (κ2) is 37.8. The van der Waals surface area contributed by atoms with Crippen LogP contribution in [-0.2, 0) is 19.0 Å². The summed E-state index contributed by atoms with van der Waals surface area (Å²) < 4.78 is 17.8. The van der Waals surface area contributed by atoms with Crippen LogP contribution in [0.2, 0.25) is 0 Å². The Balaban J connectivity index is 3.69. The van der Waals surface area contributed by atoms with E-state index >= 15 is 0 Å². The van der Waals surface area contributed by atoms with Crippen molar-refractivity contribution in [2.75, 3.05) is 40.0 Å². The van der Waals surface area contributed by atoms with Crippen LogP contribution < -0.4 is 0 Å². The highest BCUT2D eigenvalue weighted by molar-refractivity contribution is 5.69. The number of ether oxygens (including phenoxy) is 3. The molecule has 0 aromatic carbocycles. The van der Waals surface area contributed by atoms with Crippen LogP contribution >= 0.6 is 0 Å². The highest BCUT2D eigenvalue weighted by Crippen LogP contribution is 2.14. The van der Waals surface area contributed by atoms with Crippen LogP contribution in [-0.4, -0.2) is 57.1 Å². The van der Waals surface area contributed by atoms with Crippen LogP contribution in [0.25, 0.3) is 0 Å². The normalized spacial score (nSPS) is 11.7.